The van der Waals surface area contributed by atoms with E-state index in [0.717, 1.165) is 12.5 Å². The van der Waals surface area contributed by atoms with Gasteiger partial charge in [-0.2, -0.15) is 0 Å². The van der Waals surface area contributed by atoms with E-state index >= 15 is 0 Å². The van der Waals surface area contributed by atoms with E-state index in [2.05, 4.69) is 24.1 Å². The van der Waals surface area contributed by atoms with Crippen LogP contribution in [0.4, 0.5) is 0 Å². The highest BCUT2D eigenvalue weighted by molar-refractivity contribution is 6.25. The molecule has 1 saturated carbocycles. The summed E-state index contributed by atoms with van der Waals surface area (Å²) in [7, 11) is 0. The molecule has 0 aromatic rings. The van der Waals surface area contributed by atoms with Crippen molar-refractivity contribution in [2.75, 3.05) is 19.6 Å². The summed E-state index contributed by atoms with van der Waals surface area (Å²) in [5, 5.41) is 3.81. The standard InChI is InChI=1S/C16H29ClN2/c1-13(10-17)11-19-12-16(18-9-8-14(19)2)15-6-4-3-5-7-15/h10,14-16,18H,3-9,11-12H2,1-2H3. The van der Waals surface area contributed by atoms with Crippen LogP contribution >= 0.6 is 11.6 Å². The molecule has 1 saturated heterocycles. The highest BCUT2D eigenvalue weighted by Crippen LogP contribution is 2.28. The second-order valence-electron chi connectivity index (χ2n) is 6.48. The SMILES string of the molecule is CC(=CCl)CN1CC(C2CCCCC2)NCCC1C. The van der Waals surface area contributed by atoms with Crippen LogP contribution in [0, 0.1) is 5.92 Å². The second kappa shape index (κ2) is 7.66. The van der Waals surface area contributed by atoms with Gasteiger partial charge in [-0.15, -0.1) is 0 Å². The maximum Gasteiger partial charge on any atom is 0.0223 e. The van der Waals surface area contributed by atoms with Crippen LogP contribution in [0.1, 0.15) is 52.4 Å². The highest BCUT2D eigenvalue weighted by atomic mass is 35.5. The first-order chi connectivity index (χ1) is 9.20. The normalized spacial score (nSPS) is 32.3. The largest absolute Gasteiger partial charge is 0.312 e. The lowest BCUT2D eigenvalue weighted by atomic mass is 9.83. The summed E-state index contributed by atoms with van der Waals surface area (Å²) < 4.78 is 0. The number of hydrogen-bond acceptors (Lipinski definition) is 2. The van der Waals surface area contributed by atoms with Crippen molar-refractivity contribution in [1.29, 1.82) is 0 Å². The highest BCUT2D eigenvalue weighted by Gasteiger charge is 2.29. The average Bonchev–Trinajstić information content (AvgIpc) is 2.62. The summed E-state index contributed by atoms with van der Waals surface area (Å²) >= 11 is 5.84. The Morgan fingerprint density at radius 2 is 2.00 bits per heavy atom. The molecule has 19 heavy (non-hydrogen) atoms. The van der Waals surface area contributed by atoms with Crippen LogP contribution in [0.15, 0.2) is 11.1 Å². The van der Waals surface area contributed by atoms with Crippen molar-refractivity contribution in [2.45, 2.75) is 64.5 Å². The van der Waals surface area contributed by atoms with E-state index in [1.165, 1.54) is 57.2 Å². The van der Waals surface area contributed by atoms with Gasteiger partial charge in [-0.3, -0.25) is 4.90 Å². The Morgan fingerprint density at radius 3 is 2.68 bits per heavy atom. The molecule has 0 aromatic carbocycles. The number of nitrogens with one attached hydrogen (secondary N) is 1. The fraction of sp³-hybridized carbons (Fsp3) is 0.875. The summed E-state index contributed by atoms with van der Waals surface area (Å²) in [4.78, 5) is 2.62. The molecule has 2 unspecified atom stereocenters. The Hall–Kier alpha value is -0.0500. The fourth-order valence-electron chi connectivity index (χ4n) is 3.58. The van der Waals surface area contributed by atoms with Crippen molar-refractivity contribution in [2.24, 2.45) is 5.92 Å². The molecule has 1 aliphatic heterocycles. The summed E-state index contributed by atoms with van der Waals surface area (Å²) in [5.74, 6) is 0.891. The molecule has 0 spiro atoms. The lowest BCUT2D eigenvalue weighted by Crippen LogP contribution is -2.45. The minimum atomic E-state index is 0.660. The maximum atomic E-state index is 5.84. The van der Waals surface area contributed by atoms with Crippen molar-refractivity contribution in [3.63, 3.8) is 0 Å². The van der Waals surface area contributed by atoms with Crippen molar-refractivity contribution < 1.29 is 0 Å². The zero-order valence-corrected chi connectivity index (χ0v) is 13.3. The quantitative estimate of drug-likeness (QED) is 0.849. The Labute approximate surface area is 123 Å². The molecule has 110 valence electrons. The van der Waals surface area contributed by atoms with Crippen LogP contribution in [0.5, 0.6) is 0 Å². The molecule has 2 rings (SSSR count). The Morgan fingerprint density at radius 1 is 1.26 bits per heavy atom. The third kappa shape index (κ3) is 4.47. The smallest absolute Gasteiger partial charge is 0.0223 e. The maximum absolute atomic E-state index is 5.84. The molecule has 0 aromatic heterocycles. The monoisotopic (exact) mass is 284 g/mol. The summed E-state index contributed by atoms with van der Waals surface area (Å²) in [6, 6.07) is 1.35. The zero-order chi connectivity index (χ0) is 13.7. The molecule has 2 nitrogen and oxygen atoms in total. The van der Waals surface area contributed by atoms with Gasteiger partial charge in [0.25, 0.3) is 0 Å². The van der Waals surface area contributed by atoms with Crippen LogP contribution in [0.2, 0.25) is 0 Å². The number of halogens is 1. The molecule has 1 aliphatic carbocycles. The first-order valence-corrected chi connectivity index (χ1v) is 8.37. The Kier molecular flexibility index (Phi) is 6.18. The van der Waals surface area contributed by atoms with Gasteiger partial charge in [0.15, 0.2) is 0 Å². The van der Waals surface area contributed by atoms with Crippen molar-refractivity contribution in [3.05, 3.63) is 11.1 Å². The van der Waals surface area contributed by atoms with Gasteiger partial charge in [-0.05, 0) is 51.1 Å². The topological polar surface area (TPSA) is 15.3 Å². The van der Waals surface area contributed by atoms with Gasteiger partial charge in [-0.25, -0.2) is 0 Å². The van der Waals surface area contributed by atoms with Gasteiger partial charge in [-0.1, -0.05) is 30.9 Å². The van der Waals surface area contributed by atoms with Crippen LogP contribution < -0.4 is 5.32 Å². The van der Waals surface area contributed by atoms with E-state index in [1.54, 1.807) is 5.54 Å². The predicted molar refractivity (Wildman–Crippen MR) is 83.6 cm³/mol. The van der Waals surface area contributed by atoms with Crippen molar-refractivity contribution in [1.82, 2.24) is 10.2 Å². The van der Waals surface area contributed by atoms with Crippen molar-refractivity contribution in [3.8, 4) is 0 Å². The summed E-state index contributed by atoms with van der Waals surface area (Å²) in [6.07, 6.45) is 8.39. The lowest BCUT2D eigenvalue weighted by Gasteiger charge is -2.34. The molecule has 0 radical (unpaired) electrons. The Bertz CT molecular complexity index is 297. The van der Waals surface area contributed by atoms with Gasteiger partial charge in [0.1, 0.15) is 0 Å². The molecule has 2 fully saturated rings. The first kappa shape index (κ1) is 15.3. The van der Waals surface area contributed by atoms with E-state index in [9.17, 15) is 0 Å². The van der Waals surface area contributed by atoms with Crippen LogP contribution in [0.25, 0.3) is 0 Å². The minimum absolute atomic E-state index is 0.660. The van der Waals surface area contributed by atoms with Crippen LogP contribution in [0.3, 0.4) is 0 Å². The molecule has 2 atom stereocenters. The van der Waals surface area contributed by atoms with E-state index < -0.39 is 0 Å². The number of hydrogen-bond donors (Lipinski definition) is 1. The van der Waals surface area contributed by atoms with Gasteiger partial charge in [0.2, 0.25) is 0 Å². The third-order valence-electron chi connectivity index (χ3n) is 4.88. The summed E-state index contributed by atoms with van der Waals surface area (Å²) in [5.41, 5.74) is 3.01. The average molecular weight is 285 g/mol. The third-order valence-corrected chi connectivity index (χ3v) is 5.25. The molecule has 0 bridgehead atoms. The molecule has 2 aliphatic rings. The van der Waals surface area contributed by atoms with Gasteiger partial charge >= 0.3 is 0 Å². The minimum Gasteiger partial charge on any atom is -0.312 e. The fourth-order valence-corrected chi connectivity index (χ4v) is 3.65. The molecular formula is C16H29ClN2. The Balaban J connectivity index is 1.97. The molecular weight excluding hydrogens is 256 g/mol. The van der Waals surface area contributed by atoms with Gasteiger partial charge in [0, 0.05) is 30.7 Å². The molecule has 3 heteroatoms. The van der Waals surface area contributed by atoms with Gasteiger partial charge in [0.05, 0.1) is 0 Å². The van der Waals surface area contributed by atoms with E-state index in [0.29, 0.717) is 12.1 Å². The first-order valence-electron chi connectivity index (χ1n) is 7.94. The number of rotatable bonds is 3. The molecule has 1 heterocycles. The molecule has 1 N–H and O–H groups in total. The molecule has 0 amide bonds. The predicted octanol–water partition coefficient (Wildman–Crippen LogP) is 3.76. The van der Waals surface area contributed by atoms with Crippen LogP contribution in [-0.4, -0.2) is 36.6 Å². The van der Waals surface area contributed by atoms with Crippen LogP contribution in [-0.2, 0) is 0 Å². The second-order valence-corrected chi connectivity index (χ2v) is 6.70. The number of nitrogens with zero attached hydrogens (tertiary/aromatic N) is 1. The zero-order valence-electron chi connectivity index (χ0n) is 12.5. The van der Waals surface area contributed by atoms with Crippen molar-refractivity contribution >= 4 is 11.6 Å². The van der Waals surface area contributed by atoms with Gasteiger partial charge < -0.3 is 5.32 Å². The van der Waals surface area contributed by atoms with E-state index in [1.807, 2.05) is 0 Å². The lowest BCUT2D eigenvalue weighted by molar-refractivity contribution is 0.183. The van der Waals surface area contributed by atoms with E-state index in [4.69, 9.17) is 11.6 Å². The van der Waals surface area contributed by atoms with E-state index in [-0.39, 0.29) is 0 Å². The summed E-state index contributed by atoms with van der Waals surface area (Å²) in [6.45, 7) is 7.87.